The van der Waals surface area contributed by atoms with E-state index >= 15 is 0 Å². The standard InChI is InChI=1S/C28H29Cl2FN2O2S/c1-19(2)32-28(35)26(14-20-8-4-3-5-9-20)33(16-21-10-6-7-11-25(21)31)27(34)18-36-17-22-12-13-23(29)15-24(22)30/h3-13,15,19,26H,14,16-18H2,1-2H3,(H,32,35). The molecule has 0 spiro atoms. The molecule has 8 heteroatoms. The third-order valence-corrected chi connectivity index (χ3v) is 7.05. The summed E-state index contributed by atoms with van der Waals surface area (Å²) in [6.07, 6.45) is 0.313. The number of nitrogens with one attached hydrogen (secondary N) is 1. The van der Waals surface area contributed by atoms with Crippen molar-refractivity contribution in [2.45, 2.75) is 44.6 Å². The first-order valence-corrected chi connectivity index (χ1v) is 13.5. The topological polar surface area (TPSA) is 49.4 Å². The van der Waals surface area contributed by atoms with Crippen molar-refractivity contribution in [2.24, 2.45) is 0 Å². The second-order valence-corrected chi connectivity index (χ2v) is 10.5. The van der Waals surface area contributed by atoms with Crippen LogP contribution >= 0.6 is 35.0 Å². The number of halogens is 3. The lowest BCUT2D eigenvalue weighted by atomic mass is 10.0. The average Bonchev–Trinajstić information content (AvgIpc) is 2.84. The van der Waals surface area contributed by atoms with E-state index in [9.17, 15) is 14.0 Å². The van der Waals surface area contributed by atoms with Gasteiger partial charge in [-0.05, 0) is 43.2 Å². The monoisotopic (exact) mass is 546 g/mol. The summed E-state index contributed by atoms with van der Waals surface area (Å²) in [5.74, 6) is -0.346. The van der Waals surface area contributed by atoms with Gasteiger partial charge in [-0.25, -0.2) is 4.39 Å². The Hall–Kier alpha value is -2.54. The van der Waals surface area contributed by atoms with Gasteiger partial charge in [-0.1, -0.05) is 77.8 Å². The number of benzene rings is 3. The molecule has 2 amide bonds. The lowest BCUT2D eigenvalue weighted by molar-refractivity contribution is -0.139. The molecule has 0 saturated carbocycles. The molecule has 0 saturated heterocycles. The van der Waals surface area contributed by atoms with Crippen molar-refractivity contribution in [3.05, 3.63) is 105 Å². The molecule has 4 nitrogen and oxygen atoms in total. The summed E-state index contributed by atoms with van der Waals surface area (Å²) in [7, 11) is 0. The number of carbonyl (C=O) groups is 2. The van der Waals surface area contributed by atoms with Crippen molar-refractivity contribution in [3.8, 4) is 0 Å². The van der Waals surface area contributed by atoms with Crippen molar-refractivity contribution < 1.29 is 14.0 Å². The molecule has 3 rings (SSSR count). The van der Waals surface area contributed by atoms with E-state index in [-0.39, 0.29) is 30.2 Å². The summed E-state index contributed by atoms with van der Waals surface area (Å²) < 4.78 is 14.6. The van der Waals surface area contributed by atoms with E-state index in [1.54, 1.807) is 30.3 Å². The first-order chi connectivity index (χ1) is 17.2. The Bertz CT molecular complexity index is 1180. The maximum absolute atomic E-state index is 14.6. The van der Waals surface area contributed by atoms with Crippen LogP contribution in [0.5, 0.6) is 0 Å². The van der Waals surface area contributed by atoms with Crippen LogP contribution in [-0.2, 0) is 28.3 Å². The highest BCUT2D eigenvalue weighted by atomic mass is 35.5. The highest BCUT2D eigenvalue weighted by Crippen LogP contribution is 2.25. The zero-order chi connectivity index (χ0) is 26.1. The van der Waals surface area contributed by atoms with Crippen LogP contribution in [0, 0.1) is 5.82 Å². The molecule has 0 heterocycles. The van der Waals surface area contributed by atoms with Gasteiger partial charge in [-0.3, -0.25) is 9.59 Å². The molecule has 0 aliphatic rings. The van der Waals surface area contributed by atoms with Crippen LogP contribution < -0.4 is 5.32 Å². The smallest absolute Gasteiger partial charge is 0.243 e. The molecule has 3 aromatic carbocycles. The van der Waals surface area contributed by atoms with E-state index in [0.717, 1.165) is 11.1 Å². The Morgan fingerprint density at radius 1 is 0.972 bits per heavy atom. The van der Waals surface area contributed by atoms with E-state index in [4.69, 9.17) is 23.2 Å². The Balaban J connectivity index is 1.86. The molecule has 1 N–H and O–H groups in total. The minimum atomic E-state index is -0.804. The van der Waals surface area contributed by atoms with E-state index < -0.39 is 11.9 Å². The second kappa shape index (κ2) is 13.7. The van der Waals surface area contributed by atoms with E-state index in [2.05, 4.69) is 5.32 Å². The fraction of sp³-hybridized carbons (Fsp3) is 0.286. The lowest BCUT2D eigenvalue weighted by Gasteiger charge is -2.32. The molecule has 36 heavy (non-hydrogen) atoms. The van der Waals surface area contributed by atoms with E-state index in [1.807, 2.05) is 50.2 Å². The highest BCUT2D eigenvalue weighted by molar-refractivity contribution is 7.99. The summed E-state index contributed by atoms with van der Waals surface area (Å²) in [5.41, 5.74) is 2.12. The quantitative estimate of drug-likeness (QED) is 0.297. The number of thioether (sulfide) groups is 1. The number of nitrogens with zero attached hydrogens (tertiary/aromatic N) is 1. The van der Waals surface area contributed by atoms with Crippen molar-refractivity contribution in [2.75, 3.05) is 5.75 Å². The van der Waals surface area contributed by atoms with Crippen molar-refractivity contribution in [1.29, 1.82) is 0 Å². The largest absolute Gasteiger partial charge is 0.352 e. The molecular weight excluding hydrogens is 518 g/mol. The zero-order valence-corrected chi connectivity index (χ0v) is 22.5. The van der Waals surface area contributed by atoms with Crippen LogP contribution in [0.4, 0.5) is 4.39 Å². The maximum atomic E-state index is 14.6. The second-order valence-electron chi connectivity index (χ2n) is 8.71. The molecule has 1 atom stereocenters. The molecule has 190 valence electrons. The Kier molecular flexibility index (Phi) is 10.7. The minimum Gasteiger partial charge on any atom is -0.352 e. The molecule has 3 aromatic rings. The zero-order valence-electron chi connectivity index (χ0n) is 20.2. The normalized spacial score (nSPS) is 11.8. The third-order valence-electron chi connectivity index (χ3n) is 5.50. The number of hydrogen-bond acceptors (Lipinski definition) is 3. The van der Waals surface area contributed by atoms with Gasteiger partial charge in [-0.15, -0.1) is 11.8 Å². The van der Waals surface area contributed by atoms with Gasteiger partial charge >= 0.3 is 0 Å². The van der Waals surface area contributed by atoms with Crippen LogP contribution in [0.25, 0.3) is 0 Å². The highest BCUT2D eigenvalue weighted by Gasteiger charge is 2.31. The van der Waals surface area contributed by atoms with Gasteiger partial charge in [0.2, 0.25) is 11.8 Å². The average molecular weight is 548 g/mol. The van der Waals surface area contributed by atoms with Gasteiger partial charge in [0.05, 0.1) is 5.75 Å². The van der Waals surface area contributed by atoms with Gasteiger partial charge in [0.1, 0.15) is 11.9 Å². The SMILES string of the molecule is CC(C)NC(=O)C(Cc1ccccc1)N(Cc1ccccc1F)C(=O)CSCc1ccc(Cl)cc1Cl. The van der Waals surface area contributed by atoms with Crippen LogP contribution in [-0.4, -0.2) is 34.6 Å². The number of carbonyl (C=O) groups excluding carboxylic acids is 2. The molecule has 0 aliphatic heterocycles. The van der Waals surface area contributed by atoms with Crippen LogP contribution in [0.3, 0.4) is 0 Å². The van der Waals surface area contributed by atoms with Gasteiger partial charge < -0.3 is 10.2 Å². The van der Waals surface area contributed by atoms with Gasteiger partial charge in [0.15, 0.2) is 0 Å². The Morgan fingerprint density at radius 2 is 1.67 bits per heavy atom. The molecule has 1 unspecified atom stereocenters. The van der Waals surface area contributed by atoms with Crippen molar-refractivity contribution in [3.63, 3.8) is 0 Å². The number of rotatable bonds is 11. The van der Waals surface area contributed by atoms with Gasteiger partial charge in [-0.2, -0.15) is 0 Å². The summed E-state index contributed by atoms with van der Waals surface area (Å²) in [6, 6.07) is 20.2. The van der Waals surface area contributed by atoms with Crippen molar-refractivity contribution >= 4 is 46.8 Å². The molecule has 0 fully saturated rings. The number of hydrogen-bond donors (Lipinski definition) is 1. The summed E-state index contributed by atoms with van der Waals surface area (Å²) in [4.78, 5) is 28.4. The molecule has 0 aromatic heterocycles. The van der Waals surface area contributed by atoms with E-state index in [0.29, 0.717) is 27.8 Å². The first-order valence-electron chi connectivity index (χ1n) is 11.6. The minimum absolute atomic E-state index is 0.0171. The van der Waals surface area contributed by atoms with Crippen molar-refractivity contribution in [1.82, 2.24) is 10.2 Å². The fourth-order valence-corrected chi connectivity index (χ4v) is 5.18. The van der Waals surface area contributed by atoms with Gasteiger partial charge in [0.25, 0.3) is 0 Å². The summed E-state index contributed by atoms with van der Waals surface area (Å²) in [6.45, 7) is 3.72. The van der Waals surface area contributed by atoms with Gasteiger partial charge in [0, 0.05) is 40.4 Å². The molecule has 0 bridgehead atoms. The lowest BCUT2D eigenvalue weighted by Crippen LogP contribution is -2.52. The Labute approximate surface area is 226 Å². The first kappa shape index (κ1) is 28.0. The maximum Gasteiger partial charge on any atom is 0.243 e. The summed E-state index contributed by atoms with van der Waals surface area (Å²) >= 11 is 13.6. The molecular formula is C28H29Cl2FN2O2S. The predicted molar refractivity (Wildman–Crippen MR) is 147 cm³/mol. The van der Waals surface area contributed by atoms with Crippen LogP contribution in [0.15, 0.2) is 72.8 Å². The van der Waals surface area contributed by atoms with E-state index in [1.165, 1.54) is 22.7 Å². The molecule has 0 aliphatic carbocycles. The van der Waals surface area contributed by atoms with Crippen LogP contribution in [0.2, 0.25) is 10.0 Å². The Morgan fingerprint density at radius 3 is 2.33 bits per heavy atom. The molecule has 0 radical (unpaired) electrons. The van der Waals surface area contributed by atoms with Crippen LogP contribution in [0.1, 0.15) is 30.5 Å². The summed E-state index contributed by atoms with van der Waals surface area (Å²) in [5, 5.41) is 4.00. The fourth-order valence-electron chi connectivity index (χ4n) is 3.71. The number of amides is 2. The predicted octanol–water partition coefficient (Wildman–Crippen LogP) is 6.53. The third kappa shape index (κ3) is 8.26.